The fourth-order valence-corrected chi connectivity index (χ4v) is 4.86. The van der Waals surface area contributed by atoms with Crippen LogP contribution in [-0.4, -0.2) is 28.9 Å². The summed E-state index contributed by atoms with van der Waals surface area (Å²) in [7, 11) is 1.55. The number of rotatable bonds is 4. The Labute approximate surface area is 188 Å². The van der Waals surface area contributed by atoms with Crippen molar-refractivity contribution in [3.63, 3.8) is 0 Å². The minimum absolute atomic E-state index is 0.0220. The van der Waals surface area contributed by atoms with Crippen molar-refractivity contribution >= 4 is 44.1 Å². The van der Waals surface area contributed by atoms with Gasteiger partial charge in [-0.05, 0) is 29.8 Å². The van der Waals surface area contributed by atoms with Crippen molar-refractivity contribution in [1.29, 1.82) is 0 Å². The number of aliphatic hydroxyl groups excluding tert-OH is 1. The molecule has 0 aliphatic carbocycles. The zero-order chi connectivity index (χ0) is 22.2. The number of Topliss-reactive ketones (excluding diaryl/α,β-unsaturated/α-hetero) is 1. The van der Waals surface area contributed by atoms with Crippen molar-refractivity contribution in [2.24, 2.45) is 0 Å². The van der Waals surface area contributed by atoms with E-state index in [9.17, 15) is 14.7 Å². The van der Waals surface area contributed by atoms with Gasteiger partial charge in [-0.25, -0.2) is 4.98 Å². The standard InChI is InChI=1S/C25H18N2O4S/c1-31-17-11-7-10-16(14-17)21-20(22(28)15-8-3-2-4-9-15)23(29)24(30)27(21)25-26-18-12-5-6-13-19(18)32-25/h2-14,21,28H,1H3. The number of aliphatic hydroxyl groups is 1. The summed E-state index contributed by atoms with van der Waals surface area (Å²) in [4.78, 5) is 32.4. The maximum atomic E-state index is 13.2. The number of carbonyl (C=O) groups excluding carboxylic acids is 2. The van der Waals surface area contributed by atoms with E-state index in [-0.39, 0.29) is 11.3 Å². The van der Waals surface area contributed by atoms with Gasteiger partial charge in [0, 0.05) is 5.56 Å². The number of aromatic nitrogens is 1. The molecule has 1 amide bonds. The normalized spacial score (nSPS) is 17.8. The van der Waals surface area contributed by atoms with E-state index >= 15 is 0 Å². The van der Waals surface area contributed by atoms with Crippen LogP contribution in [0, 0.1) is 0 Å². The summed E-state index contributed by atoms with van der Waals surface area (Å²) < 4.78 is 6.26. The van der Waals surface area contributed by atoms with Crippen molar-refractivity contribution in [3.8, 4) is 5.75 Å². The topological polar surface area (TPSA) is 79.7 Å². The SMILES string of the molecule is COc1cccc(C2C(=C(O)c3ccccc3)C(=O)C(=O)N2c2nc3ccccc3s2)c1. The van der Waals surface area contributed by atoms with E-state index in [0.717, 1.165) is 10.2 Å². The van der Waals surface area contributed by atoms with Crippen LogP contribution in [0.3, 0.4) is 0 Å². The van der Waals surface area contributed by atoms with Crippen molar-refractivity contribution in [2.45, 2.75) is 6.04 Å². The number of benzene rings is 3. The van der Waals surface area contributed by atoms with Gasteiger partial charge in [0.05, 0.1) is 28.9 Å². The fraction of sp³-hybridized carbons (Fsp3) is 0.0800. The van der Waals surface area contributed by atoms with Gasteiger partial charge in [-0.15, -0.1) is 0 Å². The van der Waals surface area contributed by atoms with Gasteiger partial charge in [-0.2, -0.15) is 0 Å². The van der Waals surface area contributed by atoms with Gasteiger partial charge < -0.3 is 9.84 Å². The van der Waals surface area contributed by atoms with E-state index in [4.69, 9.17) is 4.74 Å². The molecular weight excluding hydrogens is 424 g/mol. The molecule has 1 aliphatic heterocycles. The van der Waals surface area contributed by atoms with E-state index in [0.29, 0.717) is 22.0 Å². The van der Waals surface area contributed by atoms with E-state index in [2.05, 4.69) is 4.98 Å². The van der Waals surface area contributed by atoms with Gasteiger partial charge in [0.25, 0.3) is 5.78 Å². The predicted molar refractivity (Wildman–Crippen MR) is 124 cm³/mol. The minimum Gasteiger partial charge on any atom is -0.507 e. The second kappa shape index (κ2) is 7.94. The Kier molecular flexibility index (Phi) is 4.95. The number of carbonyl (C=O) groups is 2. The molecule has 4 aromatic rings. The van der Waals surface area contributed by atoms with Crippen LogP contribution in [0.25, 0.3) is 16.0 Å². The molecule has 32 heavy (non-hydrogen) atoms. The molecule has 158 valence electrons. The van der Waals surface area contributed by atoms with Gasteiger partial charge in [0.15, 0.2) is 5.13 Å². The van der Waals surface area contributed by atoms with Gasteiger partial charge >= 0.3 is 5.91 Å². The summed E-state index contributed by atoms with van der Waals surface area (Å²) in [6.07, 6.45) is 0. The molecule has 0 bridgehead atoms. The highest BCUT2D eigenvalue weighted by Gasteiger charge is 2.48. The third-order valence-corrected chi connectivity index (χ3v) is 6.43. The van der Waals surface area contributed by atoms with Crippen LogP contribution in [-0.2, 0) is 9.59 Å². The first-order valence-electron chi connectivity index (χ1n) is 9.94. The van der Waals surface area contributed by atoms with Crippen molar-refractivity contribution in [3.05, 3.63) is 95.6 Å². The number of fused-ring (bicyclic) bond motifs is 1. The highest BCUT2D eigenvalue weighted by molar-refractivity contribution is 7.22. The molecule has 2 heterocycles. The molecule has 3 aromatic carbocycles. The zero-order valence-corrected chi connectivity index (χ0v) is 17.9. The Morgan fingerprint density at radius 2 is 1.75 bits per heavy atom. The van der Waals surface area contributed by atoms with Crippen LogP contribution in [0.2, 0.25) is 0 Å². The maximum absolute atomic E-state index is 13.2. The highest BCUT2D eigenvalue weighted by Crippen LogP contribution is 2.44. The number of ketones is 1. The Morgan fingerprint density at radius 3 is 2.50 bits per heavy atom. The van der Waals surface area contributed by atoms with Crippen LogP contribution < -0.4 is 9.64 Å². The van der Waals surface area contributed by atoms with E-state index in [1.807, 2.05) is 30.3 Å². The minimum atomic E-state index is -0.842. The Bertz CT molecular complexity index is 1340. The summed E-state index contributed by atoms with van der Waals surface area (Å²) in [5, 5.41) is 11.5. The lowest BCUT2D eigenvalue weighted by Crippen LogP contribution is -2.29. The first kappa shape index (κ1) is 20.0. The van der Waals surface area contributed by atoms with E-state index in [1.165, 1.54) is 16.2 Å². The van der Waals surface area contributed by atoms with Crippen molar-refractivity contribution in [1.82, 2.24) is 4.98 Å². The summed E-state index contributed by atoms with van der Waals surface area (Å²) in [5.74, 6) is -1.12. The first-order chi connectivity index (χ1) is 15.6. The molecule has 1 atom stereocenters. The van der Waals surface area contributed by atoms with Gasteiger partial charge in [0.2, 0.25) is 0 Å². The lowest BCUT2D eigenvalue weighted by atomic mass is 9.95. The number of para-hydroxylation sites is 1. The lowest BCUT2D eigenvalue weighted by molar-refractivity contribution is -0.132. The lowest BCUT2D eigenvalue weighted by Gasteiger charge is -2.23. The monoisotopic (exact) mass is 442 g/mol. The molecule has 1 aliphatic rings. The molecule has 5 rings (SSSR count). The average molecular weight is 442 g/mol. The van der Waals surface area contributed by atoms with Gasteiger partial charge in [0.1, 0.15) is 11.5 Å². The maximum Gasteiger partial charge on any atom is 0.301 e. The highest BCUT2D eigenvalue weighted by atomic mass is 32.1. The van der Waals surface area contributed by atoms with E-state index in [1.54, 1.807) is 55.6 Å². The summed E-state index contributed by atoms with van der Waals surface area (Å²) >= 11 is 1.32. The molecule has 6 nitrogen and oxygen atoms in total. The van der Waals surface area contributed by atoms with Crippen LogP contribution >= 0.6 is 11.3 Å². The van der Waals surface area contributed by atoms with Crippen LogP contribution in [0.15, 0.2) is 84.4 Å². The van der Waals surface area contributed by atoms with Crippen molar-refractivity contribution < 1.29 is 19.4 Å². The second-order valence-corrected chi connectivity index (χ2v) is 8.29. The average Bonchev–Trinajstić information content (AvgIpc) is 3.37. The molecule has 1 unspecified atom stereocenters. The zero-order valence-electron chi connectivity index (χ0n) is 17.1. The van der Waals surface area contributed by atoms with E-state index < -0.39 is 17.7 Å². The predicted octanol–water partition coefficient (Wildman–Crippen LogP) is 4.93. The van der Waals surface area contributed by atoms with Crippen LogP contribution in [0.1, 0.15) is 17.2 Å². The van der Waals surface area contributed by atoms with Gasteiger partial charge in [-0.3, -0.25) is 14.5 Å². The Morgan fingerprint density at radius 1 is 1.00 bits per heavy atom. The summed E-state index contributed by atoms with van der Waals surface area (Å²) in [5.41, 5.74) is 1.86. The summed E-state index contributed by atoms with van der Waals surface area (Å²) in [6.45, 7) is 0. The third-order valence-electron chi connectivity index (χ3n) is 5.39. The molecule has 1 saturated heterocycles. The first-order valence-corrected chi connectivity index (χ1v) is 10.8. The number of hydrogen-bond acceptors (Lipinski definition) is 6. The molecule has 1 aromatic heterocycles. The number of methoxy groups -OCH3 is 1. The smallest absolute Gasteiger partial charge is 0.301 e. The second-order valence-electron chi connectivity index (χ2n) is 7.28. The third kappa shape index (κ3) is 3.23. The number of hydrogen-bond donors (Lipinski definition) is 1. The molecule has 0 saturated carbocycles. The molecule has 1 fully saturated rings. The number of nitrogens with zero attached hydrogens (tertiary/aromatic N) is 2. The number of ether oxygens (including phenoxy) is 1. The van der Waals surface area contributed by atoms with Crippen LogP contribution in [0.5, 0.6) is 5.75 Å². The molecular formula is C25H18N2O4S. The number of amides is 1. The Balaban J connectivity index is 1.75. The molecule has 1 N–H and O–H groups in total. The quantitative estimate of drug-likeness (QED) is 0.275. The molecule has 0 spiro atoms. The molecule has 7 heteroatoms. The fourth-order valence-electron chi connectivity index (χ4n) is 3.87. The van der Waals surface area contributed by atoms with Crippen LogP contribution in [0.4, 0.5) is 5.13 Å². The number of thiazole rings is 1. The van der Waals surface area contributed by atoms with Gasteiger partial charge in [-0.1, -0.05) is 65.9 Å². The largest absolute Gasteiger partial charge is 0.507 e. The summed E-state index contributed by atoms with van der Waals surface area (Å²) in [6, 6.07) is 22.6. The Hall–Kier alpha value is -3.97. The number of anilines is 1. The molecule has 0 radical (unpaired) electrons. The van der Waals surface area contributed by atoms with Crippen molar-refractivity contribution in [2.75, 3.05) is 12.0 Å².